The van der Waals surface area contributed by atoms with E-state index < -0.39 is 0 Å². The summed E-state index contributed by atoms with van der Waals surface area (Å²) in [5.74, 6) is 0. The van der Waals surface area contributed by atoms with Crippen molar-refractivity contribution in [3.63, 3.8) is 0 Å². The van der Waals surface area contributed by atoms with Crippen molar-refractivity contribution < 1.29 is 88.1 Å². The van der Waals surface area contributed by atoms with Gasteiger partial charge in [0.2, 0.25) is 0 Å². The summed E-state index contributed by atoms with van der Waals surface area (Å²) in [6.45, 7) is 0. The quantitative estimate of drug-likeness (QED) is 0.416. The van der Waals surface area contributed by atoms with Gasteiger partial charge in [-0.1, -0.05) is 0 Å². The minimum absolute atomic E-state index is 0. The van der Waals surface area contributed by atoms with Crippen LogP contribution in [0, 0.1) is 101 Å². The molecule has 2 heteroatoms. The zero-order chi connectivity index (χ0) is 4.24. The molecule has 0 aromatic rings. The van der Waals surface area contributed by atoms with E-state index in [4.69, 9.17) is 0 Å². The molecular formula is C6H10Ac2-2. The molecule has 0 bridgehead atoms. The van der Waals surface area contributed by atoms with Gasteiger partial charge >= 0.3 is 0 Å². The molecule has 0 amide bonds. The molecular weight excluding hydrogens is 526 g/mol. The molecule has 0 N–H and O–H groups in total. The molecule has 0 aromatic carbocycles. The predicted molar refractivity (Wildman–Crippen MR) is 27.1 cm³/mol. The van der Waals surface area contributed by atoms with Gasteiger partial charge in [-0.05, 0) is 0 Å². The van der Waals surface area contributed by atoms with Crippen LogP contribution in [0.25, 0.3) is 0 Å². The van der Waals surface area contributed by atoms with Gasteiger partial charge in [-0.15, -0.1) is 0 Å². The molecule has 0 unspecified atom stereocenters. The normalized spacial score (nSPS) is 18.0. The molecule has 42 valence electrons. The zero-order valence-corrected chi connectivity index (χ0v) is 14.6. The Morgan fingerprint density at radius 2 is 0.750 bits per heavy atom. The largest absolute Gasteiger partial charge is 0.333 e. The fourth-order valence-corrected chi connectivity index (χ4v) is 0. The van der Waals surface area contributed by atoms with Crippen LogP contribution in [0.5, 0.6) is 0 Å². The topological polar surface area (TPSA) is 0 Å². The Morgan fingerprint density at radius 3 is 0.750 bits per heavy atom. The summed E-state index contributed by atoms with van der Waals surface area (Å²) in [5.41, 5.74) is 0. The van der Waals surface area contributed by atoms with Crippen LogP contribution in [0.1, 0.15) is 25.7 Å². The van der Waals surface area contributed by atoms with Gasteiger partial charge < -0.3 is 12.8 Å². The molecule has 2 radical (unpaired) electrons. The second kappa shape index (κ2) is 9.88. The first-order chi connectivity index (χ1) is 3.00. The first kappa shape index (κ1) is 13.5. The summed E-state index contributed by atoms with van der Waals surface area (Å²) >= 11 is 0. The van der Waals surface area contributed by atoms with E-state index in [0.29, 0.717) is 0 Å². The average Bonchev–Trinajstić information content (AvgIpc) is 2.31. The Balaban J connectivity index is 0. The van der Waals surface area contributed by atoms with Gasteiger partial charge in [-0.25, -0.2) is 25.7 Å². The number of hydrogen-bond donors (Lipinski definition) is 0. The van der Waals surface area contributed by atoms with Crippen LogP contribution >= 0.6 is 0 Å². The maximum absolute atomic E-state index is 2.25. The Kier molecular flexibility index (Phi) is 16.6. The van der Waals surface area contributed by atoms with E-state index in [1.54, 1.807) is 0 Å². The Hall–Kier alpha value is 2.88. The van der Waals surface area contributed by atoms with Gasteiger partial charge in [-0.2, -0.15) is 0 Å². The Labute approximate surface area is 124 Å². The van der Waals surface area contributed by atoms with Gasteiger partial charge in [0.15, 0.2) is 0 Å². The Morgan fingerprint density at radius 1 is 0.625 bits per heavy atom. The second-order valence-corrected chi connectivity index (χ2v) is 1.73. The molecule has 2 aliphatic carbocycles. The van der Waals surface area contributed by atoms with Crippen LogP contribution in [0.15, 0.2) is 0 Å². The third-order valence-corrected chi connectivity index (χ3v) is 0.577. The third kappa shape index (κ3) is 23.2. The van der Waals surface area contributed by atoms with E-state index in [9.17, 15) is 0 Å². The monoisotopic (exact) mass is 536 g/mol. The fourth-order valence-electron chi connectivity index (χ4n) is 0. The van der Waals surface area contributed by atoms with E-state index in [-0.39, 0.29) is 88.1 Å². The molecule has 2 aliphatic rings. The van der Waals surface area contributed by atoms with Crippen LogP contribution in [-0.4, -0.2) is 0 Å². The minimum Gasteiger partial charge on any atom is -0.333 e. The molecule has 0 heterocycles. The van der Waals surface area contributed by atoms with Gasteiger partial charge in [0.05, 0.1) is 0 Å². The van der Waals surface area contributed by atoms with Crippen molar-refractivity contribution in [1.29, 1.82) is 0 Å². The molecule has 0 aromatic heterocycles. The standard InChI is InChI=1S/2C3H5.2Ac/c2*1-2-3-1;;/h2*1H,2-3H2;;/q2*-1;;. The summed E-state index contributed by atoms with van der Waals surface area (Å²) in [6.07, 6.45) is 10.0. The molecule has 0 nitrogen and oxygen atoms in total. The zero-order valence-electron chi connectivity index (χ0n) is 5.14. The van der Waals surface area contributed by atoms with Crippen LogP contribution in [0.4, 0.5) is 0 Å². The van der Waals surface area contributed by atoms with Crippen LogP contribution in [-0.2, 0) is 0 Å². The molecule has 2 fully saturated rings. The second-order valence-electron chi connectivity index (χ2n) is 1.73. The van der Waals surface area contributed by atoms with E-state index in [2.05, 4.69) is 12.8 Å². The summed E-state index contributed by atoms with van der Waals surface area (Å²) in [6, 6.07) is 0. The summed E-state index contributed by atoms with van der Waals surface area (Å²) in [4.78, 5) is 0. The number of hydrogen-bond acceptors (Lipinski definition) is 0. The molecule has 0 aliphatic heterocycles. The van der Waals surface area contributed by atoms with Crippen LogP contribution < -0.4 is 0 Å². The minimum atomic E-state index is 0. The maximum atomic E-state index is 2.25. The molecule has 2 rings (SSSR count). The van der Waals surface area contributed by atoms with Gasteiger partial charge in [0, 0.05) is 88.1 Å². The number of rotatable bonds is 0. The SMILES string of the molecule is [Ac].[Ac].[CH-]1CC1.[CH-]1CC1. The summed E-state index contributed by atoms with van der Waals surface area (Å²) in [5, 5.41) is 0. The van der Waals surface area contributed by atoms with Gasteiger partial charge in [0.1, 0.15) is 0 Å². The smallest absolute Gasteiger partial charge is 0 e. The summed E-state index contributed by atoms with van der Waals surface area (Å²) in [7, 11) is 0. The van der Waals surface area contributed by atoms with Crippen LogP contribution in [0.2, 0.25) is 0 Å². The third-order valence-electron chi connectivity index (χ3n) is 0.577. The average molecular weight is 536 g/mol. The predicted octanol–water partition coefficient (Wildman–Crippen LogP) is 1.97. The fraction of sp³-hybridized carbons (Fsp3) is 0.667. The first-order valence-corrected chi connectivity index (χ1v) is 2.63. The van der Waals surface area contributed by atoms with E-state index in [1.807, 2.05) is 0 Å². The maximum Gasteiger partial charge on any atom is 0 e. The van der Waals surface area contributed by atoms with E-state index in [0.717, 1.165) is 0 Å². The van der Waals surface area contributed by atoms with Crippen molar-refractivity contribution >= 4 is 0 Å². The molecule has 2 saturated carbocycles. The van der Waals surface area contributed by atoms with E-state index in [1.165, 1.54) is 25.7 Å². The molecule has 0 saturated heterocycles. The first-order valence-electron chi connectivity index (χ1n) is 2.63. The van der Waals surface area contributed by atoms with Crippen molar-refractivity contribution in [3.05, 3.63) is 12.8 Å². The van der Waals surface area contributed by atoms with Crippen molar-refractivity contribution in [1.82, 2.24) is 0 Å². The molecule has 0 spiro atoms. The van der Waals surface area contributed by atoms with Gasteiger partial charge in [0.25, 0.3) is 0 Å². The summed E-state index contributed by atoms with van der Waals surface area (Å²) < 4.78 is 0. The molecule has 8 heavy (non-hydrogen) atoms. The van der Waals surface area contributed by atoms with Crippen molar-refractivity contribution in [2.24, 2.45) is 0 Å². The van der Waals surface area contributed by atoms with Crippen LogP contribution in [0.3, 0.4) is 0 Å². The van der Waals surface area contributed by atoms with E-state index >= 15 is 0 Å². The Bertz CT molecular complexity index is 22.0. The van der Waals surface area contributed by atoms with Gasteiger partial charge in [-0.3, -0.25) is 0 Å². The van der Waals surface area contributed by atoms with Crippen molar-refractivity contribution in [2.75, 3.05) is 0 Å². The van der Waals surface area contributed by atoms with Crippen molar-refractivity contribution in [2.45, 2.75) is 25.7 Å². The van der Waals surface area contributed by atoms with Crippen molar-refractivity contribution in [3.8, 4) is 0 Å². The molecule has 0 atom stereocenters.